The molecule has 2 rings (SSSR count). The summed E-state index contributed by atoms with van der Waals surface area (Å²) in [4.78, 5) is 22.2. The fourth-order valence-corrected chi connectivity index (χ4v) is 2.91. The summed E-state index contributed by atoms with van der Waals surface area (Å²) in [6, 6.07) is 7.44. The minimum absolute atomic E-state index is 0.122. The zero-order valence-corrected chi connectivity index (χ0v) is 15.8. The molecule has 0 unspecified atom stereocenters. The van der Waals surface area contributed by atoms with E-state index in [0.29, 0.717) is 15.1 Å². The van der Waals surface area contributed by atoms with Gasteiger partial charge in [-0.05, 0) is 51.8 Å². The Bertz CT molecular complexity index is 870. The Hall–Kier alpha value is -2.09. The third kappa shape index (κ3) is 4.94. The van der Waals surface area contributed by atoms with Crippen LogP contribution in [0, 0.1) is 10.1 Å². The number of nitrogens with zero attached hydrogens (tertiary/aromatic N) is 1. The molecule has 0 fully saturated rings. The first-order valence-corrected chi connectivity index (χ1v) is 8.23. The molecule has 6 nitrogen and oxygen atoms in total. The molecule has 2 aromatic rings. The summed E-state index contributed by atoms with van der Waals surface area (Å²) in [6.07, 6.45) is 2.08. The van der Waals surface area contributed by atoms with Crippen molar-refractivity contribution in [2.45, 2.75) is 0 Å². The maximum Gasteiger partial charge on any atom is 0.345 e. The van der Waals surface area contributed by atoms with Crippen molar-refractivity contribution >= 4 is 51.2 Å². The van der Waals surface area contributed by atoms with Crippen molar-refractivity contribution in [3.05, 3.63) is 72.3 Å². The lowest BCUT2D eigenvalue weighted by atomic mass is 10.2. The molecule has 0 aliphatic rings. The van der Waals surface area contributed by atoms with Crippen LogP contribution in [0.5, 0.6) is 11.5 Å². The van der Waals surface area contributed by atoms with E-state index < -0.39 is 10.9 Å². The third-order valence-corrected chi connectivity index (χ3v) is 4.12. The Morgan fingerprint density at radius 2 is 2.00 bits per heavy atom. The van der Waals surface area contributed by atoms with Crippen molar-refractivity contribution < 1.29 is 19.2 Å². The highest BCUT2D eigenvalue weighted by atomic mass is 79.9. The number of carbonyl (C=O) groups excluding carboxylic acids is 1. The van der Waals surface area contributed by atoms with E-state index in [2.05, 4.69) is 15.9 Å². The second kappa shape index (κ2) is 8.33. The van der Waals surface area contributed by atoms with Gasteiger partial charge in [0.05, 0.1) is 27.1 Å². The van der Waals surface area contributed by atoms with Crippen LogP contribution in [0.2, 0.25) is 10.0 Å². The number of halogens is 3. The van der Waals surface area contributed by atoms with Gasteiger partial charge in [0.25, 0.3) is 0 Å². The summed E-state index contributed by atoms with van der Waals surface area (Å²) in [6.45, 7) is 0. The number of carbonyl (C=O) groups is 1. The number of hydrogen-bond acceptors (Lipinski definition) is 5. The Balaban J connectivity index is 2.35. The van der Waals surface area contributed by atoms with Gasteiger partial charge in [-0.2, -0.15) is 0 Å². The van der Waals surface area contributed by atoms with Crippen LogP contribution < -0.4 is 9.47 Å². The predicted octanol–water partition coefficient (Wildman–Crippen LogP) is 5.23. The predicted molar refractivity (Wildman–Crippen MR) is 98.1 cm³/mol. The number of nitro groups is 1. The van der Waals surface area contributed by atoms with E-state index in [4.69, 9.17) is 32.7 Å². The lowest BCUT2D eigenvalue weighted by Gasteiger charge is -2.12. The highest BCUT2D eigenvalue weighted by Crippen LogP contribution is 2.38. The van der Waals surface area contributed by atoms with Crippen LogP contribution in [0.25, 0.3) is 6.08 Å². The normalized spacial score (nSPS) is 10.7. The molecule has 0 aromatic heterocycles. The Morgan fingerprint density at radius 1 is 1.28 bits per heavy atom. The molecule has 0 atom stereocenters. The average Bonchev–Trinajstić information content (AvgIpc) is 2.54. The summed E-state index contributed by atoms with van der Waals surface area (Å²) in [7, 11) is 1.38. The molecule has 9 heteroatoms. The second-order valence-corrected chi connectivity index (χ2v) is 6.35. The molecule has 0 radical (unpaired) electrons. The quantitative estimate of drug-likeness (QED) is 0.272. The third-order valence-electron chi connectivity index (χ3n) is 2.99. The number of esters is 1. The van der Waals surface area contributed by atoms with E-state index in [1.807, 2.05) is 0 Å². The van der Waals surface area contributed by atoms with Crippen molar-refractivity contribution in [1.29, 1.82) is 0 Å². The van der Waals surface area contributed by atoms with Crippen molar-refractivity contribution in [2.24, 2.45) is 0 Å². The summed E-state index contributed by atoms with van der Waals surface area (Å²) >= 11 is 15.1. The minimum Gasteiger partial charge on any atom is -0.493 e. The molecule has 0 N–H and O–H groups in total. The van der Waals surface area contributed by atoms with E-state index in [1.54, 1.807) is 6.07 Å². The van der Waals surface area contributed by atoms with Gasteiger partial charge in [0.2, 0.25) is 6.20 Å². The summed E-state index contributed by atoms with van der Waals surface area (Å²) in [5.41, 5.74) is 0.627. The first-order chi connectivity index (χ1) is 11.8. The van der Waals surface area contributed by atoms with Gasteiger partial charge in [0, 0.05) is 11.1 Å². The highest BCUT2D eigenvalue weighted by Gasteiger charge is 2.19. The molecule has 2 aromatic carbocycles. The van der Waals surface area contributed by atoms with E-state index in [0.717, 1.165) is 6.20 Å². The summed E-state index contributed by atoms with van der Waals surface area (Å²) < 4.78 is 10.9. The summed E-state index contributed by atoms with van der Waals surface area (Å²) in [5.74, 6) is -0.359. The molecule has 0 saturated carbocycles. The smallest absolute Gasteiger partial charge is 0.345 e. The zero-order chi connectivity index (χ0) is 18.6. The molecule has 0 amide bonds. The number of rotatable bonds is 5. The van der Waals surface area contributed by atoms with Gasteiger partial charge in [-0.3, -0.25) is 10.1 Å². The van der Waals surface area contributed by atoms with Crippen LogP contribution in [0.3, 0.4) is 0 Å². The molecule has 25 heavy (non-hydrogen) atoms. The first-order valence-electron chi connectivity index (χ1n) is 6.68. The van der Waals surface area contributed by atoms with E-state index in [-0.39, 0.29) is 22.1 Å². The fourth-order valence-electron chi connectivity index (χ4n) is 1.88. The Kier molecular flexibility index (Phi) is 6.41. The number of hydrogen-bond donors (Lipinski definition) is 0. The molecular formula is C16H10BrCl2NO5. The van der Waals surface area contributed by atoms with Gasteiger partial charge in [-0.15, -0.1) is 0 Å². The topological polar surface area (TPSA) is 78.7 Å². The van der Waals surface area contributed by atoms with Crippen LogP contribution in [-0.4, -0.2) is 18.0 Å². The van der Waals surface area contributed by atoms with Gasteiger partial charge in [-0.25, -0.2) is 4.79 Å². The molecule has 130 valence electrons. The maximum absolute atomic E-state index is 12.3. The molecule has 0 aliphatic heterocycles. The lowest BCUT2D eigenvalue weighted by molar-refractivity contribution is -0.400. The minimum atomic E-state index is -0.700. The Labute approximate surface area is 161 Å². The second-order valence-electron chi connectivity index (χ2n) is 4.65. The van der Waals surface area contributed by atoms with Gasteiger partial charge < -0.3 is 9.47 Å². The van der Waals surface area contributed by atoms with Crippen molar-refractivity contribution in [3.8, 4) is 11.5 Å². The van der Waals surface area contributed by atoms with Crippen molar-refractivity contribution in [1.82, 2.24) is 0 Å². The fraction of sp³-hybridized carbons (Fsp3) is 0.0625. The van der Waals surface area contributed by atoms with E-state index >= 15 is 0 Å². The van der Waals surface area contributed by atoms with Crippen LogP contribution in [0.4, 0.5) is 0 Å². The first kappa shape index (κ1) is 19.2. The molecule has 0 heterocycles. The van der Waals surface area contributed by atoms with Crippen molar-refractivity contribution in [3.63, 3.8) is 0 Å². The number of benzene rings is 2. The molecule has 0 spiro atoms. The van der Waals surface area contributed by atoms with Crippen molar-refractivity contribution in [2.75, 3.05) is 7.11 Å². The van der Waals surface area contributed by atoms with Crippen LogP contribution in [0.1, 0.15) is 15.9 Å². The standard InChI is InChI=1S/C16H10BrCl2NO5/c1-24-14-7-9(4-5-20(22)23)6-12(17)15(14)25-16(21)11-3-2-10(18)8-13(11)19/h2-8H,1H3/b5-4+. The average molecular weight is 447 g/mol. The van der Waals surface area contributed by atoms with Gasteiger partial charge >= 0.3 is 5.97 Å². The lowest BCUT2D eigenvalue weighted by Crippen LogP contribution is -2.10. The van der Waals surface area contributed by atoms with Crippen LogP contribution in [0.15, 0.2) is 41.0 Å². The molecular weight excluding hydrogens is 437 g/mol. The van der Waals surface area contributed by atoms with Gasteiger partial charge in [0.1, 0.15) is 0 Å². The molecule has 0 bridgehead atoms. The molecule has 0 aliphatic carbocycles. The van der Waals surface area contributed by atoms with E-state index in [1.165, 1.54) is 37.5 Å². The van der Waals surface area contributed by atoms with Crippen LogP contribution in [-0.2, 0) is 0 Å². The molecule has 0 saturated heterocycles. The van der Waals surface area contributed by atoms with E-state index in [9.17, 15) is 14.9 Å². The maximum atomic E-state index is 12.3. The monoisotopic (exact) mass is 445 g/mol. The highest BCUT2D eigenvalue weighted by molar-refractivity contribution is 9.10. The summed E-state index contributed by atoms with van der Waals surface area (Å²) in [5, 5.41) is 11.0. The van der Waals surface area contributed by atoms with Gasteiger partial charge in [0.15, 0.2) is 11.5 Å². The van der Waals surface area contributed by atoms with Crippen LogP contribution >= 0.6 is 39.1 Å². The largest absolute Gasteiger partial charge is 0.493 e. The SMILES string of the molecule is COc1cc(/C=C/[N+](=O)[O-])cc(Br)c1OC(=O)c1ccc(Cl)cc1Cl. The number of ether oxygens (including phenoxy) is 2. The zero-order valence-electron chi connectivity index (χ0n) is 12.7. The number of methoxy groups -OCH3 is 1. The van der Waals surface area contributed by atoms with Gasteiger partial charge in [-0.1, -0.05) is 23.2 Å². The Morgan fingerprint density at radius 3 is 2.60 bits per heavy atom.